The van der Waals surface area contributed by atoms with Gasteiger partial charge >= 0.3 is 0 Å². The molecular formula is C20H24N4O3. The van der Waals surface area contributed by atoms with Crippen molar-refractivity contribution < 1.29 is 14.1 Å². The van der Waals surface area contributed by atoms with Gasteiger partial charge in [-0.3, -0.25) is 9.59 Å². The fraction of sp³-hybridized carbons (Fsp3) is 0.500. The van der Waals surface area contributed by atoms with Crippen molar-refractivity contribution in [2.45, 2.75) is 57.4 Å². The van der Waals surface area contributed by atoms with Crippen LogP contribution in [0.3, 0.4) is 0 Å². The third-order valence-corrected chi connectivity index (χ3v) is 5.41. The summed E-state index contributed by atoms with van der Waals surface area (Å²) in [6, 6.07) is 7.66. The SMILES string of the molecule is CC(=O)Nc1cccc(-c2nc([C@@H]3CC(=O)N(C4CCCCC4)C3)no2)c1. The second-order valence-corrected chi connectivity index (χ2v) is 7.46. The molecule has 1 saturated carbocycles. The summed E-state index contributed by atoms with van der Waals surface area (Å²) in [6.45, 7) is 2.14. The standard InChI is InChI=1S/C20H24N4O3/c1-13(25)21-16-7-5-6-14(10-16)20-22-19(23-27-20)15-11-18(26)24(12-15)17-8-3-2-4-9-17/h5-7,10,15,17H,2-4,8-9,11-12H2,1H3,(H,21,25)/t15-/m1/s1. The van der Waals surface area contributed by atoms with Gasteiger partial charge in [-0.15, -0.1) is 0 Å². The Morgan fingerprint density at radius 1 is 1.26 bits per heavy atom. The summed E-state index contributed by atoms with van der Waals surface area (Å²) < 4.78 is 5.44. The van der Waals surface area contributed by atoms with Crippen LogP contribution in [-0.4, -0.2) is 39.4 Å². The first kappa shape index (κ1) is 17.7. The molecule has 0 spiro atoms. The molecule has 7 nitrogen and oxygen atoms in total. The van der Waals surface area contributed by atoms with E-state index < -0.39 is 0 Å². The largest absolute Gasteiger partial charge is 0.339 e. The first-order chi connectivity index (χ1) is 13.1. The average Bonchev–Trinajstić information content (AvgIpc) is 3.29. The van der Waals surface area contributed by atoms with Gasteiger partial charge in [0.15, 0.2) is 5.82 Å². The molecule has 1 aliphatic carbocycles. The molecular weight excluding hydrogens is 344 g/mol. The maximum absolute atomic E-state index is 12.5. The molecule has 1 saturated heterocycles. The van der Waals surface area contributed by atoms with Crippen LogP contribution in [0.25, 0.3) is 11.5 Å². The zero-order valence-corrected chi connectivity index (χ0v) is 15.5. The summed E-state index contributed by atoms with van der Waals surface area (Å²) in [7, 11) is 0. The van der Waals surface area contributed by atoms with Gasteiger partial charge in [-0.2, -0.15) is 4.98 Å². The summed E-state index contributed by atoms with van der Waals surface area (Å²) in [4.78, 5) is 30.3. The average molecular weight is 368 g/mol. The number of benzene rings is 1. The smallest absolute Gasteiger partial charge is 0.258 e. The number of hydrogen-bond acceptors (Lipinski definition) is 5. The highest BCUT2D eigenvalue weighted by Gasteiger charge is 2.37. The first-order valence-electron chi connectivity index (χ1n) is 9.61. The van der Waals surface area contributed by atoms with E-state index in [4.69, 9.17) is 4.52 Å². The quantitative estimate of drug-likeness (QED) is 0.894. The second kappa shape index (κ2) is 7.50. The maximum Gasteiger partial charge on any atom is 0.258 e. The molecule has 7 heteroatoms. The van der Waals surface area contributed by atoms with E-state index in [1.807, 2.05) is 17.0 Å². The third-order valence-electron chi connectivity index (χ3n) is 5.41. The number of rotatable bonds is 4. The van der Waals surface area contributed by atoms with Crippen molar-refractivity contribution in [3.8, 4) is 11.5 Å². The Labute approximate surface area is 158 Å². The molecule has 1 aromatic heterocycles. The summed E-state index contributed by atoms with van der Waals surface area (Å²) in [6.07, 6.45) is 6.33. The lowest BCUT2D eigenvalue weighted by Crippen LogP contribution is -2.37. The van der Waals surface area contributed by atoms with Crippen molar-refractivity contribution in [3.63, 3.8) is 0 Å². The van der Waals surface area contributed by atoms with E-state index in [-0.39, 0.29) is 17.7 Å². The predicted octanol–water partition coefficient (Wildman–Crippen LogP) is 3.34. The number of nitrogens with zero attached hydrogens (tertiary/aromatic N) is 3. The van der Waals surface area contributed by atoms with Crippen molar-refractivity contribution in [1.29, 1.82) is 0 Å². The first-order valence-corrected chi connectivity index (χ1v) is 9.61. The Morgan fingerprint density at radius 3 is 2.85 bits per heavy atom. The Bertz CT molecular complexity index is 841. The number of amides is 2. The number of aromatic nitrogens is 2. The van der Waals surface area contributed by atoms with Gasteiger partial charge in [-0.05, 0) is 31.0 Å². The van der Waals surface area contributed by atoms with Crippen LogP contribution in [0.2, 0.25) is 0 Å². The fourth-order valence-electron chi connectivity index (χ4n) is 4.10. The van der Waals surface area contributed by atoms with Crippen LogP contribution in [0.15, 0.2) is 28.8 Å². The summed E-state index contributed by atoms with van der Waals surface area (Å²) >= 11 is 0. The Kier molecular flexibility index (Phi) is 4.92. The number of carbonyl (C=O) groups is 2. The monoisotopic (exact) mass is 368 g/mol. The molecule has 2 amide bonds. The molecule has 2 aromatic rings. The van der Waals surface area contributed by atoms with E-state index >= 15 is 0 Å². The zero-order chi connectivity index (χ0) is 18.8. The molecule has 27 heavy (non-hydrogen) atoms. The molecule has 2 aliphatic rings. The van der Waals surface area contributed by atoms with Gasteiger partial charge in [0.1, 0.15) is 0 Å². The van der Waals surface area contributed by atoms with Crippen LogP contribution in [0.4, 0.5) is 5.69 Å². The molecule has 0 bridgehead atoms. The van der Waals surface area contributed by atoms with Gasteiger partial charge in [0.25, 0.3) is 5.89 Å². The Balaban J connectivity index is 1.48. The number of anilines is 1. The fourth-order valence-corrected chi connectivity index (χ4v) is 4.10. The number of nitrogens with one attached hydrogen (secondary N) is 1. The van der Waals surface area contributed by atoms with Crippen LogP contribution in [0.1, 0.15) is 57.2 Å². The number of hydrogen-bond donors (Lipinski definition) is 1. The molecule has 4 rings (SSSR count). The van der Waals surface area contributed by atoms with E-state index in [0.717, 1.165) is 18.4 Å². The van der Waals surface area contributed by atoms with Crippen LogP contribution in [0, 0.1) is 0 Å². The third kappa shape index (κ3) is 3.86. The molecule has 0 radical (unpaired) electrons. The van der Waals surface area contributed by atoms with Crippen molar-refractivity contribution in [1.82, 2.24) is 15.0 Å². The van der Waals surface area contributed by atoms with Crippen LogP contribution < -0.4 is 5.32 Å². The lowest BCUT2D eigenvalue weighted by Gasteiger charge is -2.31. The van der Waals surface area contributed by atoms with Gasteiger partial charge in [-0.25, -0.2) is 0 Å². The summed E-state index contributed by atoms with van der Waals surface area (Å²) in [5, 5.41) is 6.87. The predicted molar refractivity (Wildman–Crippen MR) is 100.0 cm³/mol. The van der Waals surface area contributed by atoms with Gasteiger partial charge in [-0.1, -0.05) is 30.5 Å². The van der Waals surface area contributed by atoms with Crippen molar-refractivity contribution in [3.05, 3.63) is 30.1 Å². The summed E-state index contributed by atoms with van der Waals surface area (Å²) in [5.41, 5.74) is 1.42. The molecule has 2 heterocycles. The van der Waals surface area contributed by atoms with E-state index in [1.54, 1.807) is 12.1 Å². The van der Waals surface area contributed by atoms with Crippen LogP contribution in [0.5, 0.6) is 0 Å². The Morgan fingerprint density at radius 2 is 2.07 bits per heavy atom. The van der Waals surface area contributed by atoms with Gasteiger partial charge < -0.3 is 14.7 Å². The molecule has 142 valence electrons. The second-order valence-electron chi connectivity index (χ2n) is 7.46. The van der Waals surface area contributed by atoms with E-state index in [1.165, 1.54) is 26.2 Å². The van der Waals surface area contributed by atoms with Crippen molar-refractivity contribution >= 4 is 17.5 Å². The van der Waals surface area contributed by atoms with E-state index in [2.05, 4.69) is 15.5 Å². The molecule has 1 atom stereocenters. The van der Waals surface area contributed by atoms with E-state index in [0.29, 0.717) is 36.4 Å². The molecule has 0 unspecified atom stereocenters. The van der Waals surface area contributed by atoms with Crippen LogP contribution in [-0.2, 0) is 9.59 Å². The molecule has 1 N–H and O–H groups in total. The Hall–Kier alpha value is -2.70. The minimum Gasteiger partial charge on any atom is -0.339 e. The molecule has 1 aliphatic heterocycles. The van der Waals surface area contributed by atoms with Crippen molar-refractivity contribution in [2.75, 3.05) is 11.9 Å². The van der Waals surface area contributed by atoms with Gasteiger partial charge in [0, 0.05) is 43.1 Å². The highest BCUT2D eigenvalue weighted by molar-refractivity contribution is 5.89. The van der Waals surface area contributed by atoms with Gasteiger partial charge in [0.05, 0.1) is 0 Å². The highest BCUT2D eigenvalue weighted by Crippen LogP contribution is 2.33. The number of likely N-dealkylation sites (tertiary alicyclic amines) is 1. The number of carbonyl (C=O) groups excluding carboxylic acids is 2. The maximum atomic E-state index is 12.5. The topological polar surface area (TPSA) is 88.3 Å². The van der Waals surface area contributed by atoms with E-state index in [9.17, 15) is 9.59 Å². The normalized spacial score (nSPS) is 20.9. The van der Waals surface area contributed by atoms with Crippen molar-refractivity contribution in [2.24, 2.45) is 0 Å². The van der Waals surface area contributed by atoms with Crippen LogP contribution >= 0.6 is 0 Å². The minimum atomic E-state index is -0.134. The zero-order valence-electron chi connectivity index (χ0n) is 15.5. The molecule has 2 fully saturated rings. The lowest BCUT2D eigenvalue weighted by molar-refractivity contribution is -0.130. The summed E-state index contributed by atoms with van der Waals surface area (Å²) in [5.74, 6) is 1.04. The highest BCUT2D eigenvalue weighted by atomic mass is 16.5. The lowest BCUT2D eigenvalue weighted by atomic mass is 9.94. The molecule has 1 aromatic carbocycles. The van der Waals surface area contributed by atoms with Gasteiger partial charge in [0.2, 0.25) is 11.8 Å². The minimum absolute atomic E-state index is 0.0181.